The van der Waals surface area contributed by atoms with Crippen LogP contribution in [0.1, 0.15) is 57.9 Å². The molecular formula is C23H29F3O5S2. The molecule has 0 aliphatic carbocycles. The smallest absolute Gasteiger partial charge is 0.494 e. The van der Waals surface area contributed by atoms with Crippen molar-refractivity contribution < 1.29 is 35.2 Å². The second-order valence-electron chi connectivity index (χ2n) is 7.91. The minimum absolute atomic E-state index is 0.138. The van der Waals surface area contributed by atoms with Crippen LogP contribution in [-0.2, 0) is 19.2 Å². The van der Waals surface area contributed by atoms with Crippen molar-refractivity contribution in [3.05, 3.63) is 35.9 Å². The van der Waals surface area contributed by atoms with Gasteiger partial charge in [-0.2, -0.15) is 21.6 Å². The predicted molar refractivity (Wildman–Crippen MR) is 124 cm³/mol. The number of hydrogen-bond donors (Lipinski definition) is 0. The van der Waals surface area contributed by atoms with Gasteiger partial charge in [0.15, 0.2) is 4.93 Å². The predicted octanol–water partition coefficient (Wildman–Crippen LogP) is 6.74. The first-order valence-corrected chi connectivity index (χ1v) is 13.5. The molecule has 1 atom stereocenters. The van der Waals surface area contributed by atoms with E-state index in [4.69, 9.17) is 13.7 Å². The van der Waals surface area contributed by atoms with Crippen LogP contribution in [-0.4, -0.2) is 32.9 Å². The molecule has 2 aromatic rings. The van der Waals surface area contributed by atoms with Gasteiger partial charge in [0.2, 0.25) is 0 Å². The van der Waals surface area contributed by atoms with E-state index in [-0.39, 0.29) is 6.42 Å². The Morgan fingerprint density at radius 1 is 1.00 bits per heavy atom. The Hall–Kier alpha value is -1.65. The zero-order valence-electron chi connectivity index (χ0n) is 18.7. The molecule has 184 valence electrons. The molecule has 0 amide bonds. The first-order chi connectivity index (χ1) is 15.6. The normalized spacial score (nSPS) is 19.2. The summed E-state index contributed by atoms with van der Waals surface area (Å²) in [7, 11) is -5.80. The van der Waals surface area contributed by atoms with Crippen molar-refractivity contribution in [2.75, 3.05) is 19.0 Å². The lowest BCUT2D eigenvalue weighted by Crippen LogP contribution is -2.34. The van der Waals surface area contributed by atoms with Crippen molar-refractivity contribution in [2.24, 2.45) is 0 Å². The molecule has 1 aliphatic heterocycles. The molecule has 0 saturated carbocycles. The Labute approximate surface area is 197 Å². The maximum Gasteiger partial charge on any atom is 0.523 e. The lowest BCUT2D eigenvalue weighted by molar-refractivity contribution is -0.0593. The van der Waals surface area contributed by atoms with E-state index in [0.29, 0.717) is 53.2 Å². The Kier molecular flexibility index (Phi) is 8.45. The van der Waals surface area contributed by atoms with Crippen LogP contribution < -0.4 is 9.47 Å². The van der Waals surface area contributed by atoms with Crippen LogP contribution in [0.5, 0.6) is 11.5 Å². The van der Waals surface area contributed by atoms with Gasteiger partial charge in [-0.15, -0.1) is 11.8 Å². The maximum absolute atomic E-state index is 13.2. The Morgan fingerprint density at radius 3 is 2.30 bits per heavy atom. The van der Waals surface area contributed by atoms with E-state index in [2.05, 4.69) is 0 Å². The van der Waals surface area contributed by atoms with Gasteiger partial charge >= 0.3 is 15.6 Å². The third-order valence-electron chi connectivity index (χ3n) is 5.39. The van der Waals surface area contributed by atoms with E-state index < -0.39 is 20.6 Å². The quantitative estimate of drug-likeness (QED) is 0.191. The fraction of sp³-hybridized carbons (Fsp3) is 0.565. The summed E-state index contributed by atoms with van der Waals surface area (Å²) in [6, 6.07) is 8.61. The highest BCUT2D eigenvalue weighted by atomic mass is 32.2. The van der Waals surface area contributed by atoms with Crippen LogP contribution in [0.2, 0.25) is 0 Å². The van der Waals surface area contributed by atoms with E-state index in [1.807, 2.05) is 13.8 Å². The first-order valence-electron chi connectivity index (χ1n) is 11.1. The number of rotatable bonds is 11. The van der Waals surface area contributed by atoms with Crippen molar-refractivity contribution >= 4 is 32.7 Å². The molecule has 10 heteroatoms. The minimum Gasteiger partial charge on any atom is -0.494 e. The highest BCUT2D eigenvalue weighted by Gasteiger charge is 2.54. The summed E-state index contributed by atoms with van der Waals surface area (Å²) in [5, 5.41) is 1.23. The number of hydrogen-bond acceptors (Lipinski definition) is 6. The summed E-state index contributed by atoms with van der Waals surface area (Å²) < 4.78 is 80.3. The first kappa shape index (κ1) is 26.0. The lowest BCUT2D eigenvalue weighted by atomic mass is 9.96. The minimum atomic E-state index is -5.80. The highest BCUT2D eigenvalue weighted by molar-refractivity contribution is 8.01. The molecule has 0 radical (unpaired) electrons. The molecule has 3 rings (SSSR count). The molecule has 1 heterocycles. The Morgan fingerprint density at radius 2 is 1.70 bits per heavy atom. The number of halogens is 3. The van der Waals surface area contributed by atoms with Crippen molar-refractivity contribution in [1.82, 2.24) is 0 Å². The molecule has 2 aromatic carbocycles. The van der Waals surface area contributed by atoms with E-state index in [0.717, 1.165) is 37.4 Å². The zero-order valence-corrected chi connectivity index (χ0v) is 20.4. The van der Waals surface area contributed by atoms with Crippen molar-refractivity contribution in [3.8, 4) is 11.5 Å². The van der Waals surface area contributed by atoms with Crippen molar-refractivity contribution in [2.45, 2.75) is 62.8 Å². The Balaban J connectivity index is 2.12. The van der Waals surface area contributed by atoms with Gasteiger partial charge in [0, 0.05) is 10.9 Å². The van der Waals surface area contributed by atoms with Crippen LogP contribution in [0.15, 0.2) is 30.3 Å². The number of fused-ring (bicyclic) bond motifs is 1. The lowest BCUT2D eigenvalue weighted by Gasteiger charge is -2.30. The fourth-order valence-corrected chi connectivity index (χ4v) is 5.99. The van der Waals surface area contributed by atoms with Gasteiger partial charge in [0.25, 0.3) is 0 Å². The number of ether oxygens (including phenoxy) is 2. The molecule has 0 aromatic heterocycles. The summed E-state index contributed by atoms with van der Waals surface area (Å²) in [4.78, 5) is -1.67. The zero-order chi connectivity index (χ0) is 24.1. The second-order valence-corrected chi connectivity index (χ2v) is 10.8. The number of unbranched alkanes of at least 4 members (excludes halogenated alkanes) is 2. The van der Waals surface area contributed by atoms with Crippen LogP contribution in [0.3, 0.4) is 0 Å². The van der Waals surface area contributed by atoms with Gasteiger partial charge in [-0.3, -0.25) is 0 Å². The molecule has 5 nitrogen and oxygen atoms in total. The van der Waals surface area contributed by atoms with E-state index in [1.165, 1.54) is 0 Å². The molecule has 1 saturated heterocycles. The standard InChI is InChI=1S/C23H29F3O5S2/c1-3-5-13-29-17-8-9-18-19(16-17)20(10-11-21(18)30-14-6-4-2)22(12-7-15-32-22)31-33(27,28)23(24,25)26/h8-11,16H,3-7,12-15H2,1-2H3. The largest absolute Gasteiger partial charge is 0.523 e. The Bertz CT molecular complexity index is 1050. The van der Waals surface area contributed by atoms with Crippen LogP contribution in [0.25, 0.3) is 10.8 Å². The van der Waals surface area contributed by atoms with Gasteiger partial charge < -0.3 is 9.47 Å². The summed E-state index contributed by atoms with van der Waals surface area (Å²) in [5.74, 6) is 1.62. The molecule has 0 N–H and O–H groups in total. The molecule has 1 unspecified atom stereocenters. The summed E-state index contributed by atoms with van der Waals surface area (Å²) in [6.07, 6.45) is 4.29. The molecule has 1 fully saturated rings. The molecule has 0 spiro atoms. The average molecular weight is 507 g/mol. The maximum atomic E-state index is 13.2. The second kappa shape index (κ2) is 10.7. The summed E-state index contributed by atoms with van der Waals surface area (Å²) >= 11 is 1.07. The van der Waals surface area contributed by atoms with Crippen LogP contribution >= 0.6 is 11.8 Å². The van der Waals surface area contributed by atoms with Gasteiger partial charge in [0.05, 0.1) is 13.2 Å². The van der Waals surface area contributed by atoms with Crippen molar-refractivity contribution in [1.29, 1.82) is 0 Å². The molecule has 1 aliphatic rings. The van der Waals surface area contributed by atoms with E-state index in [1.54, 1.807) is 30.3 Å². The third kappa shape index (κ3) is 5.89. The molecular weight excluding hydrogens is 477 g/mol. The van der Waals surface area contributed by atoms with Gasteiger partial charge in [-0.25, -0.2) is 4.18 Å². The average Bonchev–Trinajstić information content (AvgIpc) is 3.21. The fourth-order valence-electron chi connectivity index (χ4n) is 3.67. The van der Waals surface area contributed by atoms with Crippen molar-refractivity contribution in [3.63, 3.8) is 0 Å². The topological polar surface area (TPSA) is 61.8 Å². The van der Waals surface area contributed by atoms with Gasteiger partial charge in [-0.1, -0.05) is 32.8 Å². The van der Waals surface area contributed by atoms with Gasteiger partial charge in [-0.05, 0) is 61.1 Å². The SMILES string of the molecule is CCCCOc1ccc2c(OCCCC)ccc(C3(OS(=O)(=O)C(F)(F)F)CCCS3)c2c1. The highest BCUT2D eigenvalue weighted by Crippen LogP contribution is 2.53. The number of alkyl halides is 3. The number of thioether (sulfide) groups is 1. The summed E-state index contributed by atoms with van der Waals surface area (Å²) in [6.45, 7) is 5.09. The molecule has 0 bridgehead atoms. The van der Waals surface area contributed by atoms with E-state index >= 15 is 0 Å². The van der Waals surface area contributed by atoms with Crippen LogP contribution in [0.4, 0.5) is 13.2 Å². The van der Waals surface area contributed by atoms with Gasteiger partial charge in [0.1, 0.15) is 11.5 Å². The summed E-state index contributed by atoms with van der Waals surface area (Å²) in [5.41, 5.74) is -5.13. The monoisotopic (exact) mass is 506 g/mol. The number of benzene rings is 2. The third-order valence-corrected chi connectivity index (χ3v) is 8.04. The molecule has 33 heavy (non-hydrogen) atoms. The van der Waals surface area contributed by atoms with E-state index in [9.17, 15) is 21.6 Å². The van der Waals surface area contributed by atoms with Crippen LogP contribution in [0, 0.1) is 0 Å².